The van der Waals surface area contributed by atoms with E-state index >= 15 is 0 Å². The summed E-state index contributed by atoms with van der Waals surface area (Å²) in [5, 5.41) is 9.18. The van der Waals surface area contributed by atoms with Crippen LogP contribution in [0.4, 0.5) is 0 Å². The van der Waals surface area contributed by atoms with Crippen molar-refractivity contribution in [3.8, 4) is 0 Å². The molecule has 0 saturated heterocycles. The summed E-state index contributed by atoms with van der Waals surface area (Å²) >= 11 is 0. The zero-order valence-electron chi connectivity index (χ0n) is 10.7. The molecule has 0 amide bonds. The molecule has 0 aliphatic heterocycles. The Kier molecular flexibility index (Phi) is 4.80. The Labute approximate surface area is 99.9 Å². The van der Waals surface area contributed by atoms with Gasteiger partial charge >= 0.3 is 0 Å². The first-order valence-electron chi connectivity index (χ1n) is 7.28. The summed E-state index contributed by atoms with van der Waals surface area (Å²) in [4.78, 5) is 0. The Bertz CT molecular complexity index is 211. The van der Waals surface area contributed by atoms with Crippen molar-refractivity contribution in [2.24, 2.45) is 16.1 Å². The predicted molar refractivity (Wildman–Crippen MR) is 67.8 cm³/mol. The Morgan fingerprint density at radius 3 is 1.88 bits per heavy atom. The highest BCUT2D eigenvalue weighted by atomic mass is 15.1. The normalized spacial score (nSPS) is 33.3. The summed E-state index contributed by atoms with van der Waals surface area (Å²) in [5.74, 6) is 0.973. The molecule has 2 aliphatic carbocycles. The monoisotopic (exact) mass is 222 g/mol. The lowest BCUT2D eigenvalue weighted by molar-refractivity contribution is 0.308. The van der Waals surface area contributed by atoms with Gasteiger partial charge in [-0.2, -0.15) is 10.2 Å². The molecular weight excluding hydrogens is 196 g/mol. The van der Waals surface area contributed by atoms with Crippen LogP contribution in [0.5, 0.6) is 0 Å². The fourth-order valence-corrected chi connectivity index (χ4v) is 3.05. The van der Waals surface area contributed by atoms with E-state index in [1.165, 1.54) is 64.2 Å². The van der Waals surface area contributed by atoms with E-state index in [-0.39, 0.29) is 0 Å². The van der Waals surface area contributed by atoms with Gasteiger partial charge in [0.15, 0.2) is 0 Å². The van der Waals surface area contributed by atoms with Crippen LogP contribution in [0.2, 0.25) is 0 Å². The zero-order valence-corrected chi connectivity index (χ0v) is 10.7. The van der Waals surface area contributed by atoms with Gasteiger partial charge in [-0.15, -0.1) is 0 Å². The molecule has 2 aliphatic rings. The summed E-state index contributed by atoms with van der Waals surface area (Å²) in [7, 11) is 0. The van der Waals surface area contributed by atoms with Crippen LogP contribution in [0.1, 0.15) is 71.1 Å². The van der Waals surface area contributed by atoms with Gasteiger partial charge in [-0.1, -0.05) is 32.6 Å². The first-order chi connectivity index (χ1) is 7.88. The second-order valence-electron chi connectivity index (χ2n) is 5.61. The fourth-order valence-electron chi connectivity index (χ4n) is 3.05. The SMILES string of the molecule is CCC1CCC(N=NC2CCCCC2)CC1. The Morgan fingerprint density at radius 1 is 0.750 bits per heavy atom. The zero-order chi connectivity index (χ0) is 11.2. The molecule has 16 heavy (non-hydrogen) atoms. The molecule has 0 aromatic heterocycles. The molecular formula is C14H26N2. The molecule has 2 fully saturated rings. The number of hydrogen-bond acceptors (Lipinski definition) is 2. The predicted octanol–water partition coefficient (Wildman–Crippen LogP) is 4.74. The van der Waals surface area contributed by atoms with Gasteiger partial charge in [0.05, 0.1) is 12.1 Å². The van der Waals surface area contributed by atoms with Crippen LogP contribution in [0, 0.1) is 5.92 Å². The van der Waals surface area contributed by atoms with Crippen LogP contribution in [-0.2, 0) is 0 Å². The van der Waals surface area contributed by atoms with Crippen molar-refractivity contribution in [1.82, 2.24) is 0 Å². The maximum Gasteiger partial charge on any atom is 0.0708 e. The summed E-state index contributed by atoms with van der Waals surface area (Å²) in [6.45, 7) is 2.31. The van der Waals surface area contributed by atoms with Crippen LogP contribution in [0.25, 0.3) is 0 Å². The van der Waals surface area contributed by atoms with E-state index in [1.54, 1.807) is 0 Å². The van der Waals surface area contributed by atoms with Gasteiger partial charge in [0.2, 0.25) is 0 Å². The Morgan fingerprint density at radius 2 is 1.31 bits per heavy atom. The fraction of sp³-hybridized carbons (Fsp3) is 1.00. The molecule has 0 bridgehead atoms. The first-order valence-corrected chi connectivity index (χ1v) is 7.28. The minimum Gasteiger partial charge on any atom is -0.191 e. The van der Waals surface area contributed by atoms with Crippen molar-refractivity contribution in [3.05, 3.63) is 0 Å². The van der Waals surface area contributed by atoms with Gasteiger partial charge < -0.3 is 0 Å². The van der Waals surface area contributed by atoms with Gasteiger partial charge in [0.1, 0.15) is 0 Å². The first kappa shape index (κ1) is 12.1. The highest BCUT2D eigenvalue weighted by molar-refractivity contribution is 4.77. The molecule has 0 aromatic carbocycles. The standard InChI is InChI=1S/C14H26N2/c1-2-12-8-10-14(11-9-12)16-15-13-6-4-3-5-7-13/h12-14H,2-11H2,1H3. The molecule has 2 rings (SSSR count). The second-order valence-corrected chi connectivity index (χ2v) is 5.61. The van der Waals surface area contributed by atoms with E-state index in [0.29, 0.717) is 12.1 Å². The molecule has 2 nitrogen and oxygen atoms in total. The molecule has 92 valence electrons. The van der Waals surface area contributed by atoms with Gasteiger partial charge in [-0.3, -0.25) is 0 Å². The lowest BCUT2D eigenvalue weighted by Crippen LogP contribution is -2.17. The van der Waals surface area contributed by atoms with Crippen LogP contribution in [0.15, 0.2) is 10.2 Å². The number of rotatable bonds is 3. The topological polar surface area (TPSA) is 24.7 Å². The van der Waals surface area contributed by atoms with E-state index in [9.17, 15) is 0 Å². The highest BCUT2D eigenvalue weighted by Gasteiger charge is 2.20. The van der Waals surface area contributed by atoms with E-state index in [2.05, 4.69) is 17.2 Å². The van der Waals surface area contributed by atoms with Crippen LogP contribution >= 0.6 is 0 Å². The molecule has 2 heteroatoms. The maximum absolute atomic E-state index is 4.60. The second kappa shape index (κ2) is 6.36. The quantitative estimate of drug-likeness (QED) is 0.616. The number of hydrogen-bond donors (Lipinski definition) is 0. The van der Waals surface area contributed by atoms with Crippen LogP contribution in [-0.4, -0.2) is 12.1 Å². The molecule has 0 aromatic rings. The van der Waals surface area contributed by atoms with E-state index in [0.717, 1.165) is 5.92 Å². The lowest BCUT2D eigenvalue weighted by Gasteiger charge is -2.25. The average Bonchev–Trinajstić information content (AvgIpc) is 2.38. The smallest absolute Gasteiger partial charge is 0.0708 e. The third-order valence-electron chi connectivity index (χ3n) is 4.36. The summed E-state index contributed by atoms with van der Waals surface area (Å²) in [6, 6.07) is 1.13. The number of azo groups is 1. The molecule has 0 unspecified atom stereocenters. The average molecular weight is 222 g/mol. The van der Waals surface area contributed by atoms with E-state index in [1.807, 2.05) is 0 Å². The highest BCUT2D eigenvalue weighted by Crippen LogP contribution is 2.29. The van der Waals surface area contributed by atoms with Gasteiger partial charge in [0.25, 0.3) is 0 Å². The minimum atomic E-state index is 0.560. The lowest BCUT2D eigenvalue weighted by atomic mass is 9.85. The molecule has 0 heterocycles. The Balaban J connectivity index is 1.71. The van der Waals surface area contributed by atoms with E-state index in [4.69, 9.17) is 0 Å². The minimum absolute atomic E-state index is 0.560. The molecule has 2 saturated carbocycles. The molecule has 0 radical (unpaired) electrons. The third kappa shape index (κ3) is 3.57. The van der Waals surface area contributed by atoms with Crippen molar-refractivity contribution < 1.29 is 0 Å². The largest absolute Gasteiger partial charge is 0.191 e. The summed E-state index contributed by atoms with van der Waals surface area (Å²) < 4.78 is 0. The molecule has 0 spiro atoms. The van der Waals surface area contributed by atoms with Crippen molar-refractivity contribution in [2.75, 3.05) is 0 Å². The third-order valence-corrected chi connectivity index (χ3v) is 4.36. The van der Waals surface area contributed by atoms with Crippen molar-refractivity contribution in [3.63, 3.8) is 0 Å². The summed E-state index contributed by atoms with van der Waals surface area (Å²) in [6.07, 6.45) is 13.4. The van der Waals surface area contributed by atoms with Gasteiger partial charge in [0, 0.05) is 0 Å². The molecule has 0 atom stereocenters. The van der Waals surface area contributed by atoms with E-state index < -0.39 is 0 Å². The molecule has 0 N–H and O–H groups in total. The van der Waals surface area contributed by atoms with Crippen LogP contribution < -0.4 is 0 Å². The summed E-state index contributed by atoms with van der Waals surface area (Å²) in [5.41, 5.74) is 0. The van der Waals surface area contributed by atoms with Crippen LogP contribution in [0.3, 0.4) is 0 Å². The van der Waals surface area contributed by atoms with Crippen molar-refractivity contribution in [1.29, 1.82) is 0 Å². The van der Waals surface area contributed by atoms with Gasteiger partial charge in [-0.05, 0) is 44.4 Å². The van der Waals surface area contributed by atoms with Gasteiger partial charge in [-0.25, -0.2) is 0 Å². The Hall–Kier alpha value is -0.400. The maximum atomic E-state index is 4.60. The van der Waals surface area contributed by atoms with Crippen molar-refractivity contribution in [2.45, 2.75) is 83.2 Å². The van der Waals surface area contributed by atoms with Crippen molar-refractivity contribution >= 4 is 0 Å². The number of nitrogens with zero attached hydrogens (tertiary/aromatic N) is 2.